The van der Waals surface area contributed by atoms with E-state index in [1.54, 1.807) is 6.92 Å². The van der Waals surface area contributed by atoms with Crippen LogP contribution in [0, 0.1) is 0 Å². The van der Waals surface area contributed by atoms with Gasteiger partial charge < -0.3 is 10.1 Å². The molecule has 0 bridgehead atoms. The smallest absolute Gasteiger partial charge is 0.322 e. The summed E-state index contributed by atoms with van der Waals surface area (Å²) in [7, 11) is 1.39. The molecule has 0 amide bonds. The highest BCUT2D eigenvalue weighted by Gasteiger charge is 2.11. The van der Waals surface area contributed by atoms with Crippen molar-refractivity contribution in [1.29, 1.82) is 0 Å². The molecule has 0 aliphatic carbocycles. The fourth-order valence-electron chi connectivity index (χ4n) is 1.13. The number of hydrogen-bond donors (Lipinski definition) is 1. The van der Waals surface area contributed by atoms with Gasteiger partial charge in [0.1, 0.15) is 6.04 Å². The molecule has 0 aliphatic rings. The van der Waals surface area contributed by atoms with Gasteiger partial charge in [-0.15, -0.1) is 12.4 Å². The quantitative estimate of drug-likeness (QED) is 0.800. The zero-order valence-corrected chi connectivity index (χ0v) is 9.71. The number of methoxy groups -OCH3 is 1. The Morgan fingerprint density at radius 3 is 2.53 bits per heavy atom. The molecule has 0 spiro atoms. The van der Waals surface area contributed by atoms with Gasteiger partial charge in [0.05, 0.1) is 7.11 Å². The van der Waals surface area contributed by atoms with Crippen LogP contribution in [-0.2, 0) is 16.1 Å². The van der Waals surface area contributed by atoms with Gasteiger partial charge in [-0.25, -0.2) is 0 Å². The van der Waals surface area contributed by atoms with E-state index in [1.165, 1.54) is 7.11 Å². The first kappa shape index (κ1) is 13.9. The summed E-state index contributed by atoms with van der Waals surface area (Å²) in [5.41, 5.74) is 1.16. The van der Waals surface area contributed by atoms with Gasteiger partial charge in [-0.1, -0.05) is 30.3 Å². The van der Waals surface area contributed by atoms with Crippen molar-refractivity contribution in [2.24, 2.45) is 0 Å². The monoisotopic (exact) mass is 229 g/mol. The molecule has 1 rings (SSSR count). The molecule has 0 radical (unpaired) electrons. The first-order valence-electron chi connectivity index (χ1n) is 4.59. The Labute approximate surface area is 96.2 Å². The Balaban J connectivity index is 0.00000196. The highest BCUT2D eigenvalue weighted by Crippen LogP contribution is 1.98. The van der Waals surface area contributed by atoms with Gasteiger partial charge in [-0.05, 0) is 12.5 Å². The molecule has 1 aromatic carbocycles. The van der Waals surface area contributed by atoms with Gasteiger partial charge in [0.2, 0.25) is 0 Å². The van der Waals surface area contributed by atoms with Gasteiger partial charge in [0.25, 0.3) is 0 Å². The van der Waals surface area contributed by atoms with Crippen molar-refractivity contribution in [3.8, 4) is 0 Å². The molecule has 0 fully saturated rings. The largest absolute Gasteiger partial charge is 0.468 e. The molecular weight excluding hydrogens is 214 g/mol. The lowest BCUT2D eigenvalue weighted by molar-refractivity contribution is -0.142. The summed E-state index contributed by atoms with van der Waals surface area (Å²) in [6, 6.07) is 9.67. The fraction of sp³-hybridized carbons (Fsp3) is 0.364. The van der Waals surface area contributed by atoms with Crippen LogP contribution in [0.4, 0.5) is 0 Å². The van der Waals surface area contributed by atoms with Crippen molar-refractivity contribution in [3.05, 3.63) is 35.9 Å². The maximum Gasteiger partial charge on any atom is 0.322 e. The van der Waals surface area contributed by atoms with Crippen molar-refractivity contribution in [2.75, 3.05) is 7.11 Å². The number of rotatable bonds is 4. The van der Waals surface area contributed by atoms with Gasteiger partial charge >= 0.3 is 5.97 Å². The van der Waals surface area contributed by atoms with Crippen LogP contribution >= 0.6 is 12.4 Å². The summed E-state index contributed by atoms with van der Waals surface area (Å²) >= 11 is 0. The third-order valence-corrected chi connectivity index (χ3v) is 2.01. The maximum atomic E-state index is 11.0. The molecule has 84 valence electrons. The SMILES string of the molecule is COC(=O)C(C)NCc1ccccc1.Cl. The van der Waals surface area contributed by atoms with Crippen LogP contribution < -0.4 is 5.32 Å². The Morgan fingerprint density at radius 2 is 2.00 bits per heavy atom. The molecule has 3 nitrogen and oxygen atoms in total. The van der Waals surface area contributed by atoms with Crippen LogP contribution in [0.2, 0.25) is 0 Å². The summed E-state index contributed by atoms with van der Waals surface area (Å²) in [5, 5.41) is 3.08. The Bertz CT molecular complexity index is 290. The molecule has 15 heavy (non-hydrogen) atoms. The van der Waals surface area contributed by atoms with Gasteiger partial charge in [0.15, 0.2) is 0 Å². The number of carbonyl (C=O) groups excluding carboxylic acids is 1. The Morgan fingerprint density at radius 1 is 1.40 bits per heavy atom. The highest BCUT2D eigenvalue weighted by atomic mass is 35.5. The summed E-state index contributed by atoms with van der Waals surface area (Å²) in [6.45, 7) is 2.46. The molecule has 1 atom stereocenters. The zero-order chi connectivity index (χ0) is 10.4. The minimum Gasteiger partial charge on any atom is -0.468 e. The molecule has 1 aromatic rings. The van der Waals surface area contributed by atoms with Crippen molar-refractivity contribution in [3.63, 3.8) is 0 Å². The Hall–Kier alpha value is -1.06. The lowest BCUT2D eigenvalue weighted by atomic mass is 10.2. The third kappa shape index (κ3) is 4.81. The van der Waals surface area contributed by atoms with Crippen molar-refractivity contribution in [1.82, 2.24) is 5.32 Å². The van der Waals surface area contributed by atoms with Crippen LogP contribution in [-0.4, -0.2) is 19.1 Å². The third-order valence-electron chi connectivity index (χ3n) is 2.01. The summed E-state index contributed by atoms with van der Waals surface area (Å²) < 4.78 is 4.60. The number of carbonyl (C=O) groups is 1. The molecule has 0 saturated carbocycles. The topological polar surface area (TPSA) is 38.3 Å². The van der Waals surface area contributed by atoms with E-state index in [9.17, 15) is 4.79 Å². The van der Waals surface area contributed by atoms with E-state index in [0.717, 1.165) is 5.56 Å². The van der Waals surface area contributed by atoms with Crippen LogP contribution in [0.15, 0.2) is 30.3 Å². The lowest BCUT2D eigenvalue weighted by Gasteiger charge is -2.10. The second kappa shape index (κ2) is 7.26. The number of nitrogens with one attached hydrogen (secondary N) is 1. The minimum absolute atomic E-state index is 0. The highest BCUT2D eigenvalue weighted by molar-refractivity contribution is 5.85. The summed E-state index contributed by atoms with van der Waals surface area (Å²) in [4.78, 5) is 11.0. The number of halogens is 1. The number of ether oxygens (including phenoxy) is 1. The zero-order valence-electron chi connectivity index (χ0n) is 8.90. The van der Waals surface area contributed by atoms with Gasteiger partial charge in [0, 0.05) is 6.54 Å². The van der Waals surface area contributed by atoms with Crippen LogP contribution in [0.25, 0.3) is 0 Å². The molecule has 0 saturated heterocycles. The number of hydrogen-bond acceptors (Lipinski definition) is 3. The molecule has 0 heterocycles. The molecule has 1 unspecified atom stereocenters. The maximum absolute atomic E-state index is 11.0. The number of esters is 1. The van der Waals surface area contributed by atoms with Gasteiger partial charge in [-0.3, -0.25) is 4.79 Å². The number of benzene rings is 1. The van der Waals surface area contributed by atoms with Crippen molar-refractivity contribution >= 4 is 18.4 Å². The molecular formula is C11H16ClNO2. The molecule has 4 heteroatoms. The van der Waals surface area contributed by atoms with E-state index in [-0.39, 0.29) is 24.4 Å². The minimum atomic E-state index is -0.264. The first-order chi connectivity index (χ1) is 6.74. The normalized spacial score (nSPS) is 11.3. The van der Waals surface area contributed by atoms with E-state index in [0.29, 0.717) is 6.54 Å². The van der Waals surface area contributed by atoms with Crippen molar-refractivity contribution < 1.29 is 9.53 Å². The predicted octanol–water partition coefficient (Wildman–Crippen LogP) is 1.76. The first-order valence-corrected chi connectivity index (χ1v) is 4.59. The van der Waals surface area contributed by atoms with Gasteiger partial charge in [-0.2, -0.15) is 0 Å². The van der Waals surface area contributed by atoms with Crippen LogP contribution in [0.5, 0.6) is 0 Å². The van der Waals surface area contributed by atoms with E-state index < -0.39 is 0 Å². The predicted molar refractivity (Wildman–Crippen MR) is 62.0 cm³/mol. The standard InChI is InChI=1S/C11H15NO2.ClH/c1-9(11(13)14-2)12-8-10-6-4-3-5-7-10;/h3-7,9,12H,8H2,1-2H3;1H. The Kier molecular flexibility index (Phi) is 6.75. The van der Waals surface area contributed by atoms with E-state index in [2.05, 4.69) is 10.1 Å². The summed E-state index contributed by atoms with van der Waals surface area (Å²) in [6.07, 6.45) is 0. The van der Waals surface area contributed by atoms with E-state index in [4.69, 9.17) is 0 Å². The second-order valence-corrected chi connectivity index (χ2v) is 3.11. The molecule has 0 aromatic heterocycles. The lowest BCUT2D eigenvalue weighted by Crippen LogP contribution is -2.34. The van der Waals surface area contributed by atoms with E-state index >= 15 is 0 Å². The van der Waals surface area contributed by atoms with E-state index in [1.807, 2.05) is 30.3 Å². The average Bonchev–Trinajstić information content (AvgIpc) is 2.26. The molecule has 1 N–H and O–H groups in total. The second-order valence-electron chi connectivity index (χ2n) is 3.11. The van der Waals surface area contributed by atoms with Crippen molar-refractivity contribution in [2.45, 2.75) is 19.5 Å². The summed E-state index contributed by atoms with van der Waals surface area (Å²) in [5.74, 6) is -0.235. The van der Waals surface area contributed by atoms with Crippen LogP contribution in [0.1, 0.15) is 12.5 Å². The fourth-order valence-corrected chi connectivity index (χ4v) is 1.13. The molecule has 0 aliphatic heterocycles. The average molecular weight is 230 g/mol. The van der Waals surface area contributed by atoms with Crippen LogP contribution in [0.3, 0.4) is 0 Å².